The van der Waals surface area contributed by atoms with Gasteiger partial charge in [0.2, 0.25) is 11.8 Å². The van der Waals surface area contributed by atoms with Gasteiger partial charge in [-0.3, -0.25) is 9.59 Å². The Morgan fingerprint density at radius 3 is 2.52 bits per heavy atom. The molecule has 0 radical (unpaired) electrons. The number of anilines is 2. The molecule has 1 heterocycles. The molecule has 2 aromatic rings. The van der Waals surface area contributed by atoms with Crippen molar-refractivity contribution in [2.24, 2.45) is 5.92 Å². The largest absolute Gasteiger partial charge is 0.497 e. The molecule has 1 aliphatic rings. The van der Waals surface area contributed by atoms with Crippen LogP contribution in [0, 0.1) is 5.92 Å². The van der Waals surface area contributed by atoms with Crippen molar-refractivity contribution in [3.8, 4) is 17.2 Å². The van der Waals surface area contributed by atoms with Crippen LogP contribution in [-0.2, 0) is 9.59 Å². The number of rotatable bonds is 6. The van der Waals surface area contributed by atoms with Gasteiger partial charge in [-0.2, -0.15) is 0 Å². The fourth-order valence-electron chi connectivity index (χ4n) is 3.07. The second-order valence-corrected chi connectivity index (χ2v) is 6.17. The number of ether oxygens (including phenoxy) is 3. The second-order valence-electron chi connectivity index (χ2n) is 6.17. The van der Waals surface area contributed by atoms with Gasteiger partial charge in [-0.1, -0.05) is 6.07 Å². The van der Waals surface area contributed by atoms with Crippen molar-refractivity contribution < 1.29 is 23.8 Å². The van der Waals surface area contributed by atoms with E-state index in [1.165, 1.54) is 7.11 Å². The zero-order valence-corrected chi connectivity index (χ0v) is 15.5. The molecule has 0 aliphatic carbocycles. The van der Waals surface area contributed by atoms with Gasteiger partial charge >= 0.3 is 0 Å². The fraction of sp³-hybridized carbons (Fsp3) is 0.300. The topological polar surface area (TPSA) is 77.1 Å². The maximum absolute atomic E-state index is 12.6. The van der Waals surface area contributed by atoms with Crippen LogP contribution in [0.1, 0.15) is 6.42 Å². The third-order valence-electron chi connectivity index (χ3n) is 4.51. The van der Waals surface area contributed by atoms with Gasteiger partial charge < -0.3 is 24.4 Å². The van der Waals surface area contributed by atoms with Gasteiger partial charge in [0.15, 0.2) is 11.5 Å². The third kappa shape index (κ3) is 3.97. The van der Waals surface area contributed by atoms with Gasteiger partial charge in [0, 0.05) is 36.5 Å². The number of hydrogen-bond donors (Lipinski definition) is 1. The Morgan fingerprint density at radius 2 is 1.81 bits per heavy atom. The molecule has 7 nitrogen and oxygen atoms in total. The molecule has 0 unspecified atom stereocenters. The fourth-order valence-corrected chi connectivity index (χ4v) is 3.07. The van der Waals surface area contributed by atoms with Crippen LogP contribution in [0.15, 0.2) is 42.5 Å². The molecule has 142 valence electrons. The summed E-state index contributed by atoms with van der Waals surface area (Å²) in [5.74, 6) is 1.04. The van der Waals surface area contributed by atoms with E-state index < -0.39 is 5.92 Å². The molecule has 1 fully saturated rings. The number of carbonyl (C=O) groups excluding carboxylic acids is 2. The van der Waals surface area contributed by atoms with Crippen molar-refractivity contribution in [3.63, 3.8) is 0 Å². The van der Waals surface area contributed by atoms with Gasteiger partial charge in [-0.15, -0.1) is 0 Å². The van der Waals surface area contributed by atoms with Crippen LogP contribution < -0.4 is 24.4 Å². The monoisotopic (exact) mass is 370 g/mol. The van der Waals surface area contributed by atoms with Gasteiger partial charge in [-0.25, -0.2) is 0 Å². The molecule has 1 saturated heterocycles. The van der Waals surface area contributed by atoms with E-state index in [2.05, 4.69) is 5.32 Å². The molecular formula is C20H22N2O5. The first kappa shape index (κ1) is 18.6. The Morgan fingerprint density at radius 1 is 1.04 bits per heavy atom. The number of hydrogen-bond acceptors (Lipinski definition) is 5. The average Bonchev–Trinajstić information content (AvgIpc) is 3.09. The van der Waals surface area contributed by atoms with E-state index in [1.807, 2.05) is 18.2 Å². The first-order valence-corrected chi connectivity index (χ1v) is 8.53. The molecule has 1 aliphatic heterocycles. The number of carbonyl (C=O) groups is 2. The quantitative estimate of drug-likeness (QED) is 0.846. The molecule has 1 atom stereocenters. The van der Waals surface area contributed by atoms with E-state index >= 15 is 0 Å². The molecule has 0 spiro atoms. The SMILES string of the molecule is COc1cccc(N2C[C@H](C(=O)Nc3ccc(OC)c(OC)c3)CC2=O)c1. The second kappa shape index (κ2) is 7.99. The van der Waals surface area contributed by atoms with E-state index in [0.717, 1.165) is 5.69 Å². The first-order valence-electron chi connectivity index (χ1n) is 8.53. The number of nitrogens with zero attached hydrogens (tertiary/aromatic N) is 1. The molecule has 3 rings (SSSR count). The van der Waals surface area contributed by atoms with Crippen LogP contribution in [0.25, 0.3) is 0 Å². The number of nitrogens with one attached hydrogen (secondary N) is 1. The Kier molecular flexibility index (Phi) is 5.49. The van der Waals surface area contributed by atoms with Gasteiger partial charge in [0.1, 0.15) is 5.75 Å². The minimum atomic E-state index is -0.434. The molecule has 1 N–H and O–H groups in total. The summed E-state index contributed by atoms with van der Waals surface area (Å²) in [6.07, 6.45) is 0.163. The Labute approximate surface area is 157 Å². The summed E-state index contributed by atoms with van der Waals surface area (Å²) >= 11 is 0. The van der Waals surface area contributed by atoms with Gasteiger partial charge in [0.05, 0.1) is 27.2 Å². The minimum absolute atomic E-state index is 0.0873. The lowest BCUT2D eigenvalue weighted by molar-refractivity contribution is -0.122. The summed E-state index contributed by atoms with van der Waals surface area (Å²) in [4.78, 5) is 26.6. The highest BCUT2D eigenvalue weighted by Crippen LogP contribution is 2.31. The molecule has 27 heavy (non-hydrogen) atoms. The molecule has 0 aromatic heterocycles. The van der Waals surface area contributed by atoms with Crippen LogP contribution in [0.4, 0.5) is 11.4 Å². The maximum atomic E-state index is 12.6. The summed E-state index contributed by atoms with van der Waals surface area (Å²) in [6, 6.07) is 12.4. The summed E-state index contributed by atoms with van der Waals surface area (Å²) in [7, 11) is 4.66. The predicted octanol–water partition coefficient (Wildman–Crippen LogP) is 2.70. The molecule has 0 bridgehead atoms. The standard InChI is InChI=1S/C20H22N2O5/c1-25-16-6-4-5-15(11-16)22-12-13(9-19(22)23)20(24)21-14-7-8-17(26-2)18(10-14)27-3/h4-8,10-11,13H,9,12H2,1-3H3,(H,21,24)/t13-/m1/s1. The average molecular weight is 370 g/mol. The molecule has 0 saturated carbocycles. The molecule has 2 amide bonds. The van der Waals surface area contributed by atoms with E-state index in [-0.39, 0.29) is 18.2 Å². The smallest absolute Gasteiger partial charge is 0.229 e. The van der Waals surface area contributed by atoms with Crippen molar-refractivity contribution in [2.75, 3.05) is 38.1 Å². The zero-order chi connectivity index (χ0) is 19.4. The van der Waals surface area contributed by atoms with Crippen LogP contribution >= 0.6 is 0 Å². The normalized spacial score (nSPS) is 16.2. The Hall–Kier alpha value is -3.22. The zero-order valence-electron chi connectivity index (χ0n) is 15.5. The highest BCUT2D eigenvalue weighted by Gasteiger charge is 2.35. The highest BCUT2D eigenvalue weighted by molar-refractivity contribution is 6.03. The lowest BCUT2D eigenvalue weighted by atomic mass is 10.1. The maximum Gasteiger partial charge on any atom is 0.229 e. The predicted molar refractivity (Wildman–Crippen MR) is 102 cm³/mol. The van der Waals surface area contributed by atoms with E-state index in [4.69, 9.17) is 14.2 Å². The number of benzene rings is 2. The van der Waals surface area contributed by atoms with Gasteiger partial charge in [-0.05, 0) is 24.3 Å². The Bertz CT molecular complexity index is 852. The van der Waals surface area contributed by atoms with Crippen molar-refractivity contribution in [3.05, 3.63) is 42.5 Å². The van der Waals surface area contributed by atoms with Gasteiger partial charge in [0.25, 0.3) is 0 Å². The van der Waals surface area contributed by atoms with Crippen LogP contribution in [0.2, 0.25) is 0 Å². The summed E-state index contributed by atoms with van der Waals surface area (Å²) in [5.41, 5.74) is 1.31. The minimum Gasteiger partial charge on any atom is -0.497 e. The number of amides is 2. The van der Waals surface area contributed by atoms with Crippen molar-refractivity contribution in [2.45, 2.75) is 6.42 Å². The number of methoxy groups -OCH3 is 3. The lowest BCUT2D eigenvalue weighted by Crippen LogP contribution is -2.28. The highest BCUT2D eigenvalue weighted by atomic mass is 16.5. The van der Waals surface area contributed by atoms with Crippen LogP contribution in [-0.4, -0.2) is 39.7 Å². The van der Waals surface area contributed by atoms with E-state index in [1.54, 1.807) is 43.4 Å². The van der Waals surface area contributed by atoms with Crippen LogP contribution in [0.3, 0.4) is 0 Å². The molecule has 7 heteroatoms. The van der Waals surface area contributed by atoms with E-state index in [0.29, 0.717) is 29.5 Å². The van der Waals surface area contributed by atoms with E-state index in [9.17, 15) is 9.59 Å². The van der Waals surface area contributed by atoms with Crippen LogP contribution in [0.5, 0.6) is 17.2 Å². The first-order chi connectivity index (χ1) is 13.0. The third-order valence-corrected chi connectivity index (χ3v) is 4.51. The Balaban J connectivity index is 1.70. The van der Waals surface area contributed by atoms with Crippen molar-refractivity contribution >= 4 is 23.2 Å². The summed E-state index contributed by atoms with van der Waals surface area (Å²) < 4.78 is 15.6. The summed E-state index contributed by atoms with van der Waals surface area (Å²) in [5, 5.41) is 2.85. The lowest BCUT2D eigenvalue weighted by Gasteiger charge is -2.17. The van der Waals surface area contributed by atoms with Crippen molar-refractivity contribution in [1.82, 2.24) is 0 Å². The molecular weight excluding hydrogens is 348 g/mol. The van der Waals surface area contributed by atoms with Crippen molar-refractivity contribution in [1.29, 1.82) is 0 Å². The summed E-state index contributed by atoms with van der Waals surface area (Å²) in [6.45, 7) is 0.325. The molecule has 2 aromatic carbocycles.